The molecule has 3 N–H and O–H groups in total. The molecule has 8 heteroatoms. The summed E-state index contributed by atoms with van der Waals surface area (Å²) in [5.74, 6) is -0.506. The number of nitrogens with zero attached hydrogens (tertiary/aromatic N) is 1. The number of amides is 1. The zero-order chi connectivity index (χ0) is 18.6. The van der Waals surface area contributed by atoms with Crippen LogP contribution < -0.4 is 10.0 Å². The van der Waals surface area contributed by atoms with Crippen molar-refractivity contribution in [1.29, 1.82) is 0 Å². The predicted molar refractivity (Wildman–Crippen MR) is 100 cm³/mol. The average molecular weight is 368 g/mol. The summed E-state index contributed by atoms with van der Waals surface area (Å²) < 4.78 is 27.4. The van der Waals surface area contributed by atoms with E-state index >= 15 is 0 Å². The third-order valence-corrected chi connectivity index (χ3v) is 4.95. The number of H-pyrrole nitrogens is 1. The minimum Gasteiger partial charge on any atom is -0.321 e. The lowest BCUT2D eigenvalue weighted by molar-refractivity contribution is 0.102. The van der Waals surface area contributed by atoms with E-state index in [1.165, 1.54) is 18.3 Å². The number of aromatic amines is 1. The Hall–Kier alpha value is -3.39. The van der Waals surface area contributed by atoms with Crippen LogP contribution in [0, 0.1) is 0 Å². The molecule has 0 atom stereocenters. The smallest absolute Gasteiger partial charge is 0.275 e. The summed E-state index contributed by atoms with van der Waals surface area (Å²) in [5.41, 5.74) is 1.46. The van der Waals surface area contributed by atoms with Crippen molar-refractivity contribution in [2.45, 2.75) is 4.90 Å². The minimum absolute atomic E-state index is 0.0140. The van der Waals surface area contributed by atoms with Crippen molar-refractivity contribution in [1.82, 2.24) is 10.2 Å². The Morgan fingerprint density at radius 3 is 2.42 bits per heavy atom. The Balaban J connectivity index is 1.81. The standard InChI is InChI=1S/C18H16N4O3S/c1-2-13-8-10-15(11-9-13)26(24,25)22-16-12-19-21-17(16)18(23)20-14-6-4-3-5-7-14/h2-12,22H,1H2,(H,19,21)(H,20,23). The van der Waals surface area contributed by atoms with Gasteiger partial charge in [-0.2, -0.15) is 5.10 Å². The zero-order valence-corrected chi connectivity index (χ0v) is 14.5. The monoisotopic (exact) mass is 368 g/mol. The van der Waals surface area contributed by atoms with Gasteiger partial charge in [-0.05, 0) is 29.8 Å². The molecule has 0 aliphatic rings. The molecular formula is C18H16N4O3S. The van der Waals surface area contributed by atoms with Crippen molar-refractivity contribution in [2.24, 2.45) is 0 Å². The lowest BCUT2D eigenvalue weighted by Gasteiger charge is -2.09. The summed E-state index contributed by atoms with van der Waals surface area (Å²) >= 11 is 0. The van der Waals surface area contributed by atoms with Gasteiger partial charge < -0.3 is 5.32 Å². The number of rotatable bonds is 6. The molecule has 1 heterocycles. The van der Waals surface area contributed by atoms with Gasteiger partial charge >= 0.3 is 0 Å². The molecule has 132 valence electrons. The average Bonchev–Trinajstić information content (AvgIpc) is 3.10. The highest BCUT2D eigenvalue weighted by Crippen LogP contribution is 2.20. The van der Waals surface area contributed by atoms with E-state index < -0.39 is 15.9 Å². The van der Waals surface area contributed by atoms with Crippen molar-refractivity contribution in [3.63, 3.8) is 0 Å². The van der Waals surface area contributed by atoms with E-state index in [1.807, 2.05) is 6.07 Å². The van der Waals surface area contributed by atoms with Gasteiger partial charge in [0.2, 0.25) is 0 Å². The summed E-state index contributed by atoms with van der Waals surface area (Å²) in [5, 5.41) is 8.95. The van der Waals surface area contributed by atoms with Crippen molar-refractivity contribution in [3.8, 4) is 0 Å². The normalized spacial score (nSPS) is 10.9. The Bertz CT molecular complexity index is 1030. The van der Waals surface area contributed by atoms with Gasteiger partial charge in [0.1, 0.15) is 5.69 Å². The molecule has 0 radical (unpaired) electrons. The van der Waals surface area contributed by atoms with Crippen LogP contribution in [-0.4, -0.2) is 24.5 Å². The molecule has 7 nitrogen and oxygen atoms in total. The summed E-state index contributed by atoms with van der Waals surface area (Å²) in [7, 11) is -3.86. The number of sulfonamides is 1. The molecule has 1 aromatic heterocycles. The maximum atomic E-state index is 12.5. The first-order valence-electron chi connectivity index (χ1n) is 7.65. The number of hydrogen-bond acceptors (Lipinski definition) is 4. The van der Waals surface area contributed by atoms with E-state index in [-0.39, 0.29) is 16.3 Å². The molecule has 0 saturated heterocycles. The second-order valence-electron chi connectivity index (χ2n) is 5.36. The highest BCUT2D eigenvalue weighted by atomic mass is 32.2. The maximum Gasteiger partial charge on any atom is 0.275 e. The van der Waals surface area contributed by atoms with Crippen LogP contribution in [0.25, 0.3) is 6.08 Å². The third-order valence-electron chi connectivity index (χ3n) is 3.57. The molecule has 0 bridgehead atoms. The summed E-state index contributed by atoms with van der Waals surface area (Å²) in [6.07, 6.45) is 2.86. The van der Waals surface area contributed by atoms with E-state index in [4.69, 9.17) is 0 Å². The van der Waals surface area contributed by atoms with Gasteiger partial charge in [0, 0.05) is 5.69 Å². The molecular weight excluding hydrogens is 352 g/mol. The Morgan fingerprint density at radius 2 is 1.77 bits per heavy atom. The minimum atomic E-state index is -3.86. The molecule has 26 heavy (non-hydrogen) atoms. The van der Waals surface area contributed by atoms with E-state index in [0.717, 1.165) is 5.56 Å². The Labute approximate surface area is 150 Å². The van der Waals surface area contributed by atoms with Crippen LogP contribution in [0.15, 0.2) is 72.3 Å². The fourth-order valence-electron chi connectivity index (χ4n) is 2.24. The van der Waals surface area contributed by atoms with Gasteiger partial charge in [-0.15, -0.1) is 0 Å². The van der Waals surface area contributed by atoms with Crippen LogP contribution >= 0.6 is 0 Å². The zero-order valence-electron chi connectivity index (χ0n) is 13.6. The second-order valence-corrected chi connectivity index (χ2v) is 7.04. The highest BCUT2D eigenvalue weighted by molar-refractivity contribution is 7.92. The van der Waals surface area contributed by atoms with Crippen molar-refractivity contribution in [2.75, 3.05) is 10.0 Å². The number of hydrogen-bond donors (Lipinski definition) is 3. The van der Waals surface area contributed by atoms with E-state index in [1.54, 1.807) is 42.5 Å². The first-order chi connectivity index (χ1) is 12.5. The predicted octanol–water partition coefficient (Wildman–Crippen LogP) is 3.11. The number of aromatic nitrogens is 2. The molecule has 2 aromatic carbocycles. The first kappa shape index (κ1) is 17.4. The van der Waals surface area contributed by atoms with E-state index in [9.17, 15) is 13.2 Å². The topological polar surface area (TPSA) is 104 Å². The maximum absolute atomic E-state index is 12.5. The molecule has 1 amide bonds. The number of benzene rings is 2. The van der Waals surface area contributed by atoms with Crippen LogP contribution in [0.3, 0.4) is 0 Å². The van der Waals surface area contributed by atoms with Crippen LogP contribution in [0.1, 0.15) is 16.1 Å². The van der Waals surface area contributed by atoms with Gasteiger partial charge in [-0.25, -0.2) is 8.42 Å². The van der Waals surface area contributed by atoms with Gasteiger partial charge in [0.05, 0.1) is 16.8 Å². The number of nitrogens with one attached hydrogen (secondary N) is 3. The fourth-order valence-corrected chi connectivity index (χ4v) is 3.29. The Kier molecular flexibility index (Phi) is 4.85. The largest absolute Gasteiger partial charge is 0.321 e. The lowest BCUT2D eigenvalue weighted by atomic mass is 10.2. The lowest BCUT2D eigenvalue weighted by Crippen LogP contribution is -2.18. The molecule has 0 aliphatic carbocycles. The summed E-state index contributed by atoms with van der Waals surface area (Å²) in [6.45, 7) is 3.63. The van der Waals surface area contributed by atoms with E-state index in [0.29, 0.717) is 5.69 Å². The molecule has 0 saturated carbocycles. The molecule has 3 aromatic rings. The van der Waals surface area contributed by atoms with Gasteiger partial charge in [-0.3, -0.25) is 14.6 Å². The van der Waals surface area contributed by atoms with Crippen molar-refractivity contribution in [3.05, 3.63) is 78.6 Å². The highest BCUT2D eigenvalue weighted by Gasteiger charge is 2.20. The van der Waals surface area contributed by atoms with Crippen molar-refractivity contribution >= 4 is 33.4 Å². The van der Waals surface area contributed by atoms with Crippen LogP contribution in [0.2, 0.25) is 0 Å². The number of carbonyl (C=O) groups is 1. The van der Waals surface area contributed by atoms with Gasteiger partial charge in [0.15, 0.2) is 0 Å². The molecule has 0 spiro atoms. The Morgan fingerprint density at radius 1 is 1.08 bits per heavy atom. The third kappa shape index (κ3) is 3.81. The SMILES string of the molecule is C=Cc1ccc(S(=O)(=O)Nc2cn[nH]c2C(=O)Nc2ccccc2)cc1. The summed E-state index contributed by atoms with van der Waals surface area (Å²) in [4.78, 5) is 12.4. The van der Waals surface area contributed by atoms with E-state index in [2.05, 4.69) is 26.8 Å². The summed E-state index contributed by atoms with van der Waals surface area (Å²) in [6, 6.07) is 15.0. The van der Waals surface area contributed by atoms with Crippen LogP contribution in [0.4, 0.5) is 11.4 Å². The molecule has 3 rings (SSSR count). The number of para-hydroxylation sites is 1. The fraction of sp³-hybridized carbons (Fsp3) is 0. The van der Waals surface area contributed by atoms with Crippen LogP contribution in [-0.2, 0) is 10.0 Å². The number of anilines is 2. The van der Waals surface area contributed by atoms with Gasteiger partial charge in [0.25, 0.3) is 15.9 Å². The molecule has 0 fully saturated rings. The number of carbonyl (C=O) groups excluding carboxylic acids is 1. The van der Waals surface area contributed by atoms with Gasteiger partial charge in [-0.1, -0.05) is 43.0 Å². The second kappa shape index (κ2) is 7.24. The quantitative estimate of drug-likeness (QED) is 0.622. The molecule has 0 unspecified atom stereocenters. The molecule has 0 aliphatic heterocycles. The first-order valence-corrected chi connectivity index (χ1v) is 9.13. The van der Waals surface area contributed by atoms with Crippen LogP contribution in [0.5, 0.6) is 0 Å². The van der Waals surface area contributed by atoms with Crippen molar-refractivity contribution < 1.29 is 13.2 Å².